The molecule has 1 aliphatic heterocycles. The van der Waals surface area contributed by atoms with Gasteiger partial charge in [0.1, 0.15) is 29.6 Å². The largest absolute Gasteiger partial charge is 0.463 e. The number of aromatic nitrogens is 4. The Hall–Kier alpha value is -3.22. The van der Waals surface area contributed by atoms with Crippen molar-refractivity contribution >= 4 is 52.4 Å². The summed E-state index contributed by atoms with van der Waals surface area (Å²) in [5, 5.41) is 1.21. The van der Waals surface area contributed by atoms with Gasteiger partial charge in [-0.1, -0.05) is 23.4 Å². The monoisotopic (exact) mass is 520 g/mol. The number of rotatable bonds is 7. The quantitative estimate of drug-likeness (QED) is 0.258. The molecule has 35 heavy (non-hydrogen) atoms. The zero-order chi connectivity index (χ0) is 25.1. The van der Waals surface area contributed by atoms with Crippen molar-refractivity contribution in [2.45, 2.75) is 55.2 Å². The fraction of sp³-hybridized carbons (Fsp3) is 0.364. The first-order chi connectivity index (χ1) is 16.7. The second kappa shape index (κ2) is 10.6. The average molecular weight is 521 g/mol. The lowest BCUT2D eigenvalue weighted by Gasteiger charge is -2.23. The predicted molar refractivity (Wildman–Crippen MR) is 123 cm³/mol. The molecular formula is C22H21ClN4O7S. The summed E-state index contributed by atoms with van der Waals surface area (Å²) in [7, 11) is 0. The molecular weight excluding hydrogens is 500 g/mol. The van der Waals surface area contributed by atoms with Gasteiger partial charge in [-0.25, -0.2) is 15.0 Å². The first-order valence-electron chi connectivity index (χ1n) is 10.5. The number of carbonyl (C=O) groups excluding carboxylic acids is 3. The van der Waals surface area contributed by atoms with Gasteiger partial charge >= 0.3 is 17.9 Å². The summed E-state index contributed by atoms with van der Waals surface area (Å²) in [6.07, 6.45) is -1.06. The van der Waals surface area contributed by atoms with Gasteiger partial charge in [0, 0.05) is 30.7 Å². The number of benzene rings is 1. The van der Waals surface area contributed by atoms with E-state index in [1.807, 2.05) is 12.1 Å². The molecule has 4 atom stereocenters. The highest BCUT2D eigenvalue weighted by Crippen LogP contribution is 2.37. The number of esters is 3. The summed E-state index contributed by atoms with van der Waals surface area (Å²) in [6, 6.07) is 7.26. The lowest BCUT2D eigenvalue weighted by atomic mass is 10.1. The Labute approximate surface area is 209 Å². The second-order valence-corrected chi connectivity index (χ2v) is 9.07. The minimum atomic E-state index is -1.04. The van der Waals surface area contributed by atoms with E-state index < -0.39 is 42.4 Å². The summed E-state index contributed by atoms with van der Waals surface area (Å²) in [6.45, 7) is 3.50. The van der Waals surface area contributed by atoms with Crippen LogP contribution in [0.1, 0.15) is 27.0 Å². The van der Waals surface area contributed by atoms with E-state index in [0.29, 0.717) is 21.2 Å². The normalized spacial score (nSPS) is 21.6. The van der Waals surface area contributed by atoms with E-state index in [-0.39, 0.29) is 6.61 Å². The van der Waals surface area contributed by atoms with Crippen LogP contribution in [0, 0.1) is 0 Å². The van der Waals surface area contributed by atoms with Gasteiger partial charge in [-0.15, -0.1) is 0 Å². The van der Waals surface area contributed by atoms with Gasteiger partial charge < -0.3 is 18.9 Å². The van der Waals surface area contributed by atoms with E-state index >= 15 is 0 Å². The Bertz CT molecular complexity index is 1250. The Kier molecular flexibility index (Phi) is 7.53. The Morgan fingerprint density at radius 2 is 1.69 bits per heavy atom. The summed E-state index contributed by atoms with van der Waals surface area (Å²) < 4.78 is 23.6. The Morgan fingerprint density at radius 1 is 1.00 bits per heavy atom. The molecule has 11 nitrogen and oxygen atoms in total. The van der Waals surface area contributed by atoms with Crippen molar-refractivity contribution in [3.05, 3.63) is 41.9 Å². The SMILES string of the molecule is CC(=O)OC[C@H]1O[C@@H](n2cnc3c(Sc4ccc(Cl)cc4)ncnc32)[C@H](OC(C)=O)[C@@H]1OC(C)=O. The molecule has 1 fully saturated rings. The molecule has 0 aliphatic carbocycles. The maximum atomic E-state index is 11.9. The summed E-state index contributed by atoms with van der Waals surface area (Å²) in [5.74, 6) is -1.75. The first kappa shape index (κ1) is 24.9. The fourth-order valence-electron chi connectivity index (χ4n) is 3.62. The van der Waals surface area contributed by atoms with Crippen LogP contribution in [-0.2, 0) is 33.3 Å². The van der Waals surface area contributed by atoms with Gasteiger partial charge in [0.2, 0.25) is 0 Å². The topological polar surface area (TPSA) is 132 Å². The summed E-state index contributed by atoms with van der Waals surface area (Å²) >= 11 is 7.35. The molecule has 0 N–H and O–H groups in total. The molecule has 1 saturated heterocycles. The zero-order valence-electron chi connectivity index (χ0n) is 18.9. The van der Waals surface area contributed by atoms with E-state index in [1.165, 1.54) is 45.2 Å². The van der Waals surface area contributed by atoms with Gasteiger partial charge in [0.05, 0.1) is 6.33 Å². The minimum Gasteiger partial charge on any atom is -0.463 e. The van der Waals surface area contributed by atoms with E-state index in [9.17, 15) is 14.4 Å². The van der Waals surface area contributed by atoms with Crippen molar-refractivity contribution in [3.63, 3.8) is 0 Å². The smallest absolute Gasteiger partial charge is 0.303 e. The number of imidazole rings is 1. The number of fused-ring (bicyclic) bond motifs is 1. The number of carbonyl (C=O) groups is 3. The van der Waals surface area contributed by atoms with Gasteiger partial charge in [-0.3, -0.25) is 19.0 Å². The third-order valence-corrected chi connectivity index (χ3v) is 6.22. The maximum Gasteiger partial charge on any atom is 0.303 e. The Morgan fingerprint density at radius 3 is 2.34 bits per heavy atom. The van der Waals surface area contributed by atoms with Crippen LogP contribution < -0.4 is 0 Å². The third kappa shape index (κ3) is 5.72. The van der Waals surface area contributed by atoms with E-state index in [0.717, 1.165) is 4.90 Å². The molecule has 0 unspecified atom stereocenters. The molecule has 1 aliphatic rings. The van der Waals surface area contributed by atoms with Crippen LogP contribution in [0.2, 0.25) is 5.02 Å². The molecule has 3 aromatic rings. The highest BCUT2D eigenvalue weighted by molar-refractivity contribution is 7.99. The average Bonchev–Trinajstić information content (AvgIpc) is 3.36. The van der Waals surface area contributed by atoms with Gasteiger partial charge in [0.25, 0.3) is 0 Å². The molecule has 0 bridgehead atoms. The third-order valence-electron chi connectivity index (χ3n) is 4.97. The number of hydrogen-bond donors (Lipinski definition) is 0. The zero-order valence-corrected chi connectivity index (χ0v) is 20.5. The van der Waals surface area contributed by atoms with Crippen LogP contribution >= 0.6 is 23.4 Å². The van der Waals surface area contributed by atoms with Crippen molar-refractivity contribution in [3.8, 4) is 0 Å². The molecule has 0 radical (unpaired) electrons. The second-order valence-electron chi connectivity index (χ2n) is 7.57. The molecule has 1 aromatic carbocycles. The van der Waals surface area contributed by atoms with Crippen molar-refractivity contribution in [1.82, 2.24) is 19.5 Å². The van der Waals surface area contributed by atoms with Crippen LogP contribution in [0.15, 0.2) is 46.8 Å². The van der Waals surface area contributed by atoms with Crippen molar-refractivity contribution < 1.29 is 33.3 Å². The molecule has 184 valence electrons. The van der Waals surface area contributed by atoms with E-state index in [4.69, 9.17) is 30.5 Å². The molecule has 0 spiro atoms. The van der Waals surface area contributed by atoms with Gasteiger partial charge in [-0.2, -0.15) is 0 Å². The molecule has 0 amide bonds. The lowest BCUT2D eigenvalue weighted by molar-refractivity contribution is -0.166. The van der Waals surface area contributed by atoms with Gasteiger partial charge in [-0.05, 0) is 24.3 Å². The lowest BCUT2D eigenvalue weighted by Crippen LogP contribution is -2.40. The molecule has 0 saturated carbocycles. The number of nitrogens with zero attached hydrogens (tertiary/aromatic N) is 4. The van der Waals surface area contributed by atoms with Crippen LogP contribution in [0.4, 0.5) is 0 Å². The van der Waals surface area contributed by atoms with Crippen LogP contribution in [0.5, 0.6) is 0 Å². The van der Waals surface area contributed by atoms with Crippen LogP contribution in [-0.4, -0.2) is 62.3 Å². The number of ether oxygens (including phenoxy) is 4. The molecule has 4 rings (SSSR count). The standard InChI is InChI=1S/C22H21ClN4O7S/c1-11(28)31-8-16-18(32-12(2)29)19(33-13(3)30)22(34-16)27-10-26-17-20(27)24-9-25-21(17)35-15-6-4-14(23)5-7-15/h4-7,9-10,16,18-19,22H,8H2,1-3H3/t16-,18-,19-,22-/m1/s1. The highest BCUT2D eigenvalue weighted by Gasteiger charge is 2.51. The van der Waals surface area contributed by atoms with Crippen LogP contribution in [0.3, 0.4) is 0 Å². The number of hydrogen-bond acceptors (Lipinski definition) is 11. The van der Waals surface area contributed by atoms with Crippen molar-refractivity contribution in [2.24, 2.45) is 0 Å². The maximum absolute atomic E-state index is 11.9. The predicted octanol–water partition coefficient (Wildman–Crippen LogP) is 2.95. The molecule has 13 heteroatoms. The summed E-state index contributed by atoms with van der Waals surface area (Å²) in [5.41, 5.74) is 0.901. The van der Waals surface area contributed by atoms with E-state index in [2.05, 4.69) is 15.0 Å². The first-order valence-corrected chi connectivity index (χ1v) is 11.7. The van der Waals surface area contributed by atoms with E-state index in [1.54, 1.807) is 16.7 Å². The number of halogens is 1. The van der Waals surface area contributed by atoms with Gasteiger partial charge in [0.15, 0.2) is 24.1 Å². The Balaban J connectivity index is 1.70. The molecule has 3 heterocycles. The van der Waals surface area contributed by atoms with Crippen molar-refractivity contribution in [1.29, 1.82) is 0 Å². The highest BCUT2D eigenvalue weighted by atomic mass is 35.5. The minimum absolute atomic E-state index is 0.208. The summed E-state index contributed by atoms with van der Waals surface area (Å²) in [4.78, 5) is 49.1. The van der Waals surface area contributed by atoms with Crippen molar-refractivity contribution in [2.75, 3.05) is 6.61 Å². The fourth-order valence-corrected chi connectivity index (χ4v) is 4.58. The van der Waals surface area contributed by atoms with Crippen LogP contribution in [0.25, 0.3) is 11.2 Å². The molecule has 2 aromatic heterocycles.